The van der Waals surface area contributed by atoms with Crippen molar-refractivity contribution in [3.05, 3.63) is 0 Å². The van der Waals surface area contributed by atoms with E-state index in [0.29, 0.717) is 6.04 Å². The van der Waals surface area contributed by atoms with Crippen molar-refractivity contribution < 1.29 is 5.11 Å². The van der Waals surface area contributed by atoms with Crippen LogP contribution in [-0.2, 0) is 0 Å². The monoisotopic (exact) mass is 226 g/mol. The summed E-state index contributed by atoms with van der Waals surface area (Å²) in [7, 11) is 0. The fourth-order valence-electron chi connectivity index (χ4n) is 3.03. The van der Waals surface area contributed by atoms with E-state index in [1.807, 2.05) is 0 Å². The molecule has 94 valence electrons. The Morgan fingerprint density at radius 3 is 2.75 bits per heavy atom. The predicted octanol–water partition coefficient (Wildman–Crippen LogP) is 1.22. The van der Waals surface area contributed by atoms with Crippen LogP contribution in [0.25, 0.3) is 0 Å². The van der Waals surface area contributed by atoms with Crippen LogP contribution in [0.15, 0.2) is 0 Å². The molecule has 2 N–H and O–H groups in total. The highest BCUT2D eigenvalue weighted by Gasteiger charge is 2.25. The Balaban J connectivity index is 1.67. The van der Waals surface area contributed by atoms with Crippen LogP contribution in [-0.4, -0.2) is 48.3 Å². The van der Waals surface area contributed by atoms with Crippen molar-refractivity contribution in [2.24, 2.45) is 5.92 Å². The number of hydrogen-bond acceptors (Lipinski definition) is 3. The van der Waals surface area contributed by atoms with Gasteiger partial charge in [0.05, 0.1) is 6.10 Å². The Morgan fingerprint density at radius 2 is 2.06 bits per heavy atom. The van der Waals surface area contributed by atoms with Gasteiger partial charge in [0.2, 0.25) is 0 Å². The number of hydrogen-bond donors (Lipinski definition) is 2. The summed E-state index contributed by atoms with van der Waals surface area (Å²) in [4.78, 5) is 2.52. The maximum absolute atomic E-state index is 9.87. The van der Waals surface area contributed by atoms with Crippen LogP contribution >= 0.6 is 0 Å². The van der Waals surface area contributed by atoms with E-state index >= 15 is 0 Å². The fourth-order valence-corrected chi connectivity index (χ4v) is 3.03. The second kappa shape index (κ2) is 5.99. The van der Waals surface area contributed by atoms with Gasteiger partial charge >= 0.3 is 0 Å². The molecule has 0 bridgehead atoms. The molecule has 3 atom stereocenters. The first kappa shape index (κ1) is 12.3. The molecule has 0 radical (unpaired) electrons. The van der Waals surface area contributed by atoms with Crippen molar-refractivity contribution in [1.82, 2.24) is 10.2 Å². The molecule has 2 rings (SSSR count). The van der Waals surface area contributed by atoms with E-state index in [2.05, 4.69) is 17.1 Å². The summed E-state index contributed by atoms with van der Waals surface area (Å²) in [6.45, 7) is 7.02. The summed E-state index contributed by atoms with van der Waals surface area (Å²) in [5.41, 5.74) is 0. The lowest BCUT2D eigenvalue weighted by Crippen LogP contribution is -2.44. The van der Waals surface area contributed by atoms with Gasteiger partial charge in [0.25, 0.3) is 0 Å². The minimum absolute atomic E-state index is 0.0996. The standard InChI is InChI=1S/C13H26N2O/c1-2-15-8-7-11(10-15)9-14-12-5-3-4-6-13(12)16/h11-14,16H,2-10H2,1H3/t11?,12-,13-/m0/s1. The van der Waals surface area contributed by atoms with E-state index in [1.165, 1.54) is 38.9 Å². The molecule has 16 heavy (non-hydrogen) atoms. The topological polar surface area (TPSA) is 35.5 Å². The molecule has 1 heterocycles. The molecule has 1 saturated heterocycles. The van der Waals surface area contributed by atoms with Gasteiger partial charge in [-0.05, 0) is 44.8 Å². The lowest BCUT2D eigenvalue weighted by molar-refractivity contribution is 0.0890. The van der Waals surface area contributed by atoms with Gasteiger partial charge in [-0.2, -0.15) is 0 Å². The molecule has 1 unspecified atom stereocenters. The van der Waals surface area contributed by atoms with Crippen LogP contribution < -0.4 is 5.32 Å². The molecule has 0 spiro atoms. The van der Waals surface area contributed by atoms with Gasteiger partial charge in [0, 0.05) is 12.6 Å². The average molecular weight is 226 g/mol. The largest absolute Gasteiger partial charge is 0.392 e. The van der Waals surface area contributed by atoms with Gasteiger partial charge in [-0.15, -0.1) is 0 Å². The molecule has 0 aromatic rings. The van der Waals surface area contributed by atoms with Crippen LogP contribution in [0.1, 0.15) is 39.0 Å². The highest BCUT2D eigenvalue weighted by atomic mass is 16.3. The van der Waals surface area contributed by atoms with Gasteiger partial charge < -0.3 is 15.3 Å². The molecular weight excluding hydrogens is 200 g/mol. The zero-order valence-corrected chi connectivity index (χ0v) is 10.5. The van der Waals surface area contributed by atoms with E-state index in [-0.39, 0.29) is 6.10 Å². The first-order valence-corrected chi connectivity index (χ1v) is 6.93. The lowest BCUT2D eigenvalue weighted by Gasteiger charge is -2.29. The van der Waals surface area contributed by atoms with Crippen LogP contribution in [0.4, 0.5) is 0 Å². The Hall–Kier alpha value is -0.120. The first-order chi connectivity index (χ1) is 7.79. The van der Waals surface area contributed by atoms with E-state index < -0.39 is 0 Å². The maximum Gasteiger partial charge on any atom is 0.0693 e. The third kappa shape index (κ3) is 3.19. The molecule has 0 aromatic heterocycles. The summed E-state index contributed by atoms with van der Waals surface area (Å²) >= 11 is 0. The second-order valence-electron chi connectivity index (χ2n) is 5.41. The van der Waals surface area contributed by atoms with Crippen LogP contribution in [0.2, 0.25) is 0 Å². The van der Waals surface area contributed by atoms with Gasteiger partial charge in [-0.1, -0.05) is 19.8 Å². The molecular formula is C13H26N2O. The van der Waals surface area contributed by atoms with E-state index in [0.717, 1.165) is 25.3 Å². The van der Waals surface area contributed by atoms with E-state index in [9.17, 15) is 5.11 Å². The molecule has 0 amide bonds. The zero-order chi connectivity index (χ0) is 11.4. The third-order valence-corrected chi connectivity index (χ3v) is 4.22. The number of nitrogens with one attached hydrogen (secondary N) is 1. The highest BCUT2D eigenvalue weighted by Crippen LogP contribution is 2.20. The smallest absolute Gasteiger partial charge is 0.0693 e. The molecule has 1 aliphatic carbocycles. The normalized spacial score (nSPS) is 36.8. The third-order valence-electron chi connectivity index (χ3n) is 4.22. The number of nitrogens with zero attached hydrogens (tertiary/aromatic N) is 1. The Labute approximate surface area is 99.2 Å². The first-order valence-electron chi connectivity index (χ1n) is 6.93. The fraction of sp³-hybridized carbons (Fsp3) is 1.00. The number of aliphatic hydroxyl groups is 1. The molecule has 0 aromatic carbocycles. The van der Waals surface area contributed by atoms with Crippen LogP contribution in [0.5, 0.6) is 0 Å². The summed E-state index contributed by atoms with van der Waals surface area (Å²) in [5, 5.41) is 13.4. The highest BCUT2D eigenvalue weighted by molar-refractivity contribution is 4.83. The predicted molar refractivity (Wildman–Crippen MR) is 66.5 cm³/mol. The average Bonchev–Trinajstić information content (AvgIpc) is 2.76. The maximum atomic E-state index is 9.87. The van der Waals surface area contributed by atoms with E-state index in [4.69, 9.17) is 0 Å². The molecule has 3 heteroatoms. The number of rotatable bonds is 4. The van der Waals surface area contributed by atoms with Crippen molar-refractivity contribution in [3.8, 4) is 0 Å². The SMILES string of the molecule is CCN1CCC(CN[C@H]2CCCC[C@@H]2O)C1. The summed E-state index contributed by atoms with van der Waals surface area (Å²) < 4.78 is 0. The van der Waals surface area contributed by atoms with E-state index in [1.54, 1.807) is 0 Å². The summed E-state index contributed by atoms with van der Waals surface area (Å²) in [5.74, 6) is 0.800. The molecule has 3 nitrogen and oxygen atoms in total. The summed E-state index contributed by atoms with van der Waals surface area (Å²) in [6.07, 6.45) is 5.85. The van der Waals surface area contributed by atoms with Crippen molar-refractivity contribution in [2.75, 3.05) is 26.2 Å². The quantitative estimate of drug-likeness (QED) is 0.756. The molecule has 2 aliphatic rings. The van der Waals surface area contributed by atoms with Crippen LogP contribution in [0.3, 0.4) is 0 Å². The Morgan fingerprint density at radius 1 is 1.25 bits per heavy atom. The van der Waals surface area contributed by atoms with Gasteiger partial charge in [-0.3, -0.25) is 0 Å². The van der Waals surface area contributed by atoms with Crippen molar-refractivity contribution in [2.45, 2.75) is 51.2 Å². The van der Waals surface area contributed by atoms with Gasteiger partial charge in [0.1, 0.15) is 0 Å². The Bertz CT molecular complexity index is 210. The zero-order valence-electron chi connectivity index (χ0n) is 10.5. The molecule has 2 fully saturated rings. The van der Waals surface area contributed by atoms with Crippen molar-refractivity contribution in [1.29, 1.82) is 0 Å². The number of likely N-dealkylation sites (tertiary alicyclic amines) is 1. The van der Waals surface area contributed by atoms with Gasteiger partial charge in [0.15, 0.2) is 0 Å². The lowest BCUT2D eigenvalue weighted by atomic mass is 9.92. The number of aliphatic hydroxyl groups excluding tert-OH is 1. The van der Waals surface area contributed by atoms with Gasteiger partial charge in [-0.25, -0.2) is 0 Å². The minimum atomic E-state index is -0.0996. The molecule has 1 aliphatic heterocycles. The summed E-state index contributed by atoms with van der Waals surface area (Å²) in [6, 6.07) is 0.365. The van der Waals surface area contributed by atoms with Crippen LogP contribution in [0, 0.1) is 5.92 Å². The Kier molecular flexibility index (Phi) is 4.62. The second-order valence-corrected chi connectivity index (χ2v) is 5.41. The van der Waals surface area contributed by atoms with Crippen molar-refractivity contribution in [3.63, 3.8) is 0 Å². The molecule has 1 saturated carbocycles. The minimum Gasteiger partial charge on any atom is -0.392 e. The van der Waals surface area contributed by atoms with Crippen molar-refractivity contribution >= 4 is 0 Å².